The number of unbranched alkanes of at least 4 members (excludes halogenated alkanes) is 1. The van der Waals surface area contributed by atoms with Gasteiger partial charge in [-0.2, -0.15) is 0 Å². The molecule has 0 bridgehead atoms. The van der Waals surface area contributed by atoms with Crippen molar-refractivity contribution in [2.75, 3.05) is 52.9 Å². The molecular formula is C23H42IN5O. The molecule has 2 fully saturated rings. The fourth-order valence-electron chi connectivity index (χ4n) is 5.00. The molecule has 3 rings (SSSR count). The highest BCUT2D eigenvalue weighted by molar-refractivity contribution is 14.0. The van der Waals surface area contributed by atoms with Gasteiger partial charge in [0.05, 0.1) is 12.3 Å². The molecule has 0 aliphatic carbocycles. The molecule has 0 amide bonds. The molecule has 2 saturated heterocycles. The minimum atomic E-state index is 0. The van der Waals surface area contributed by atoms with E-state index in [4.69, 9.17) is 4.42 Å². The van der Waals surface area contributed by atoms with E-state index in [0.717, 1.165) is 49.7 Å². The van der Waals surface area contributed by atoms with Gasteiger partial charge in [0.2, 0.25) is 0 Å². The zero-order valence-electron chi connectivity index (χ0n) is 19.1. The van der Waals surface area contributed by atoms with Gasteiger partial charge in [-0.3, -0.25) is 9.89 Å². The predicted molar refractivity (Wildman–Crippen MR) is 136 cm³/mol. The van der Waals surface area contributed by atoms with Gasteiger partial charge in [0.1, 0.15) is 5.76 Å². The number of halogens is 1. The number of likely N-dealkylation sites (tertiary alicyclic amines) is 2. The second-order valence-electron chi connectivity index (χ2n) is 9.07. The Bertz CT molecular complexity index is 593. The van der Waals surface area contributed by atoms with Crippen molar-refractivity contribution in [3.63, 3.8) is 0 Å². The fourth-order valence-corrected chi connectivity index (χ4v) is 5.00. The molecule has 3 unspecified atom stereocenters. The molecule has 6 nitrogen and oxygen atoms in total. The van der Waals surface area contributed by atoms with Gasteiger partial charge in [-0.05, 0) is 75.7 Å². The Morgan fingerprint density at radius 2 is 1.90 bits per heavy atom. The number of rotatable bonds is 9. The molecule has 2 aliphatic heterocycles. The third-order valence-corrected chi connectivity index (χ3v) is 6.28. The van der Waals surface area contributed by atoms with E-state index in [9.17, 15) is 0 Å². The number of nitrogens with zero attached hydrogens (tertiary/aromatic N) is 3. The predicted octanol–water partition coefficient (Wildman–Crippen LogP) is 3.96. The van der Waals surface area contributed by atoms with Gasteiger partial charge in [-0.25, -0.2) is 0 Å². The van der Waals surface area contributed by atoms with Crippen LogP contribution < -0.4 is 10.6 Å². The Hall–Kier alpha value is -0.800. The first-order valence-electron chi connectivity index (χ1n) is 11.6. The maximum atomic E-state index is 5.71. The van der Waals surface area contributed by atoms with E-state index in [1.807, 2.05) is 13.1 Å². The Morgan fingerprint density at radius 1 is 1.17 bits per heavy atom. The molecule has 1 aromatic heterocycles. The molecule has 172 valence electrons. The van der Waals surface area contributed by atoms with E-state index in [-0.39, 0.29) is 30.0 Å². The number of furan rings is 1. The molecule has 0 spiro atoms. The van der Waals surface area contributed by atoms with Crippen LogP contribution in [0, 0.1) is 11.8 Å². The second kappa shape index (κ2) is 13.6. The summed E-state index contributed by atoms with van der Waals surface area (Å²) in [4.78, 5) is 9.57. The van der Waals surface area contributed by atoms with Crippen molar-refractivity contribution in [2.24, 2.45) is 16.8 Å². The second-order valence-corrected chi connectivity index (χ2v) is 9.07. The van der Waals surface area contributed by atoms with Crippen LogP contribution in [0.3, 0.4) is 0 Å². The summed E-state index contributed by atoms with van der Waals surface area (Å²) >= 11 is 0. The van der Waals surface area contributed by atoms with E-state index < -0.39 is 0 Å². The molecule has 0 aromatic carbocycles. The summed E-state index contributed by atoms with van der Waals surface area (Å²) < 4.78 is 5.71. The zero-order chi connectivity index (χ0) is 20.5. The summed E-state index contributed by atoms with van der Waals surface area (Å²) in [6.45, 7) is 12.6. The Balaban J connectivity index is 0.00000320. The lowest BCUT2D eigenvalue weighted by molar-refractivity contribution is 0.139. The van der Waals surface area contributed by atoms with Gasteiger partial charge in [-0.1, -0.05) is 13.8 Å². The first-order chi connectivity index (χ1) is 14.2. The lowest BCUT2D eigenvalue weighted by Gasteiger charge is -2.35. The minimum Gasteiger partial charge on any atom is -0.468 e. The quantitative estimate of drug-likeness (QED) is 0.219. The van der Waals surface area contributed by atoms with Gasteiger partial charge >= 0.3 is 0 Å². The number of piperidine rings is 1. The first kappa shape index (κ1) is 25.5. The Morgan fingerprint density at radius 3 is 2.53 bits per heavy atom. The van der Waals surface area contributed by atoms with Gasteiger partial charge in [-0.15, -0.1) is 24.0 Å². The summed E-state index contributed by atoms with van der Waals surface area (Å²) in [6.07, 6.45) is 8.13. The topological polar surface area (TPSA) is 56.0 Å². The van der Waals surface area contributed by atoms with Crippen LogP contribution in [-0.4, -0.2) is 68.6 Å². The normalized spacial score (nSPS) is 24.4. The summed E-state index contributed by atoms with van der Waals surface area (Å²) in [5.41, 5.74) is 0. The molecule has 0 radical (unpaired) electrons. The highest BCUT2D eigenvalue weighted by atomic mass is 127. The fraction of sp³-hybridized carbons (Fsp3) is 0.783. The average Bonchev–Trinajstić information content (AvgIpc) is 3.40. The number of nitrogens with one attached hydrogen (secondary N) is 2. The van der Waals surface area contributed by atoms with Crippen molar-refractivity contribution in [3.8, 4) is 0 Å². The lowest BCUT2D eigenvalue weighted by Crippen LogP contribution is -2.43. The van der Waals surface area contributed by atoms with Crippen LogP contribution in [0.15, 0.2) is 27.8 Å². The van der Waals surface area contributed by atoms with Gasteiger partial charge < -0.3 is 20.0 Å². The van der Waals surface area contributed by atoms with Crippen LogP contribution >= 0.6 is 24.0 Å². The molecule has 3 atom stereocenters. The highest BCUT2D eigenvalue weighted by Gasteiger charge is 2.25. The molecular weight excluding hydrogens is 489 g/mol. The van der Waals surface area contributed by atoms with Gasteiger partial charge in [0, 0.05) is 33.2 Å². The summed E-state index contributed by atoms with van der Waals surface area (Å²) in [5.74, 6) is 3.62. The minimum absolute atomic E-state index is 0. The van der Waals surface area contributed by atoms with E-state index in [1.54, 1.807) is 6.26 Å². The van der Waals surface area contributed by atoms with E-state index >= 15 is 0 Å². The molecule has 3 heterocycles. The summed E-state index contributed by atoms with van der Waals surface area (Å²) in [5, 5.41) is 7.00. The average molecular weight is 532 g/mol. The third kappa shape index (κ3) is 8.04. The molecule has 30 heavy (non-hydrogen) atoms. The van der Waals surface area contributed by atoms with Crippen molar-refractivity contribution in [1.29, 1.82) is 0 Å². The third-order valence-electron chi connectivity index (χ3n) is 6.28. The molecule has 0 saturated carbocycles. The number of hydrogen-bond donors (Lipinski definition) is 2. The van der Waals surface area contributed by atoms with Crippen molar-refractivity contribution in [3.05, 3.63) is 24.2 Å². The van der Waals surface area contributed by atoms with Crippen LogP contribution in [0.4, 0.5) is 0 Å². The monoisotopic (exact) mass is 531 g/mol. The first-order valence-corrected chi connectivity index (χ1v) is 11.6. The molecule has 7 heteroatoms. The molecule has 2 N–H and O–H groups in total. The zero-order valence-corrected chi connectivity index (χ0v) is 21.4. The van der Waals surface area contributed by atoms with Crippen LogP contribution in [0.25, 0.3) is 0 Å². The SMILES string of the molecule is CN=C(NCCCCN1CC(C)CC(C)C1)NCC(c1ccco1)N1CCCC1.I. The van der Waals surface area contributed by atoms with Crippen LogP contribution in [-0.2, 0) is 0 Å². The van der Waals surface area contributed by atoms with Gasteiger partial charge in [0.25, 0.3) is 0 Å². The summed E-state index contributed by atoms with van der Waals surface area (Å²) in [7, 11) is 1.85. The molecule has 1 aromatic rings. The smallest absolute Gasteiger partial charge is 0.191 e. The van der Waals surface area contributed by atoms with Crippen molar-refractivity contribution >= 4 is 29.9 Å². The van der Waals surface area contributed by atoms with E-state index in [2.05, 4.69) is 45.3 Å². The van der Waals surface area contributed by atoms with E-state index in [0.29, 0.717) is 0 Å². The maximum absolute atomic E-state index is 5.71. The lowest BCUT2D eigenvalue weighted by atomic mass is 9.92. The van der Waals surface area contributed by atoms with Crippen molar-refractivity contribution in [1.82, 2.24) is 20.4 Å². The number of guanidine groups is 1. The standard InChI is InChI=1S/C23H41N5O.HI/c1-19-15-20(2)18-27(17-19)11-5-4-10-25-23(24-3)26-16-21(22-9-8-14-29-22)28-12-6-7-13-28;/h8-9,14,19-21H,4-7,10-13,15-18H2,1-3H3,(H2,24,25,26);1H. The van der Waals surface area contributed by atoms with Crippen LogP contribution in [0.1, 0.15) is 57.8 Å². The van der Waals surface area contributed by atoms with Crippen LogP contribution in [0.2, 0.25) is 0 Å². The number of hydrogen-bond acceptors (Lipinski definition) is 4. The van der Waals surface area contributed by atoms with Crippen molar-refractivity contribution < 1.29 is 4.42 Å². The van der Waals surface area contributed by atoms with E-state index in [1.165, 1.54) is 51.7 Å². The van der Waals surface area contributed by atoms with Crippen molar-refractivity contribution in [2.45, 2.75) is 52.0 Å². The maximum Gasteiger partial charge on any atom is 0.191 e. The Labute approximate surface area is 200 Å². The molecule has 2 aliphatic rings. The highest BCUT2D eigenvalue weighted by Crippen LogP contribution is 2.25. The number of aliphatic imine (C=N–C) groups is 1. The largest absolute Gasteiger partial charge is 0.468 e. The summed E-state index contributed by atoms with van der Waals surface area (Å²) in [6, 6.07) is 4.34. The van der Waals surface area contributed by atoms with Gasteiger partial charge in [0.15, 0.2) is 5.96 Å². The van der Waals surface area contributed by atoms with Crippen LogP contribution in [0.5, 0.6) is 0 Å². The Kier molecular flexibility index (Phi) is 11.5.